The van der Waals surface area contributed by atoms with E-state index in [0.29, 0.717) is 23.8 Å². The monoisotopic (exact) mass is 301 g/mol. The van der Waals surface area contributed by atoms with Crippen LogP contribution in [0.25, 0.3) is 0 Å². The highest BCUT2D eigenvalue weighted by atomic mass is 16.2. The lowest BCUT2D eigenvalue weighted by atomic mass is 9.83. The number of aromatic nitrogens is 1. The maximum atomic E-state index is 12.3. The highest BCUT2D eigenvalue weighted by molar-refractivity contribution is 5.80. The molecule has 4 heteroatoms. The van der Waals surface area contributed by atoms with Gasteiger partial charge in [0.15, 0.2) is 0 Å². The molecule has 4 nitrogen and oxygen atoms in total. The second kappa shape index (κ2) is 6.78. The van der Waals surface area contributed by atoms with Crippen molar-refractivity contribution in [3.05, 3.63) is 30.1 Å². The fraction of sp³-hybridized carbons (Fsp3) is 0.667. The minimum Gasteiger partial charge on any atom is -0.339 e. The number of hydrogen-bond donors (Lipinski definition) is 0. The second-order valence-corrected chi connectivity index (χ2v) is 7.20. The van der Waals surface area contributed by atoms with Crippen molar-refractivity contribution in [2.45, 2.75) is 45.7 Å². The van der Waals surface area contributed by atoms with Crippen LogP contribution in [0.5, 0.6) is 0 Å². The molecule has 0 aromatic carbocycles. The Morgan fingerprint density at radius 1 is 1.32 bits per heavy atom. The van der Waals surface area contributed by atoms with E-state index >= 15 is 0 Å². The molecule has 0 bridgehead atoms. The number of likely N-dealkylation sites (tertiary alicyclic amines) is 1. The van der Waals surface area contributed by atoms with Crippen LogP contribution in [0, 0.1) is 11.8 Å². The molecule has 0 atom stereocenters. The molecule has 1 aromatic rings. The normalized spacial score (nSPS) is 19.4. The summed E-state index contributed by atoms with van der Waals surface area (Å²) in [7, 11) is 0. The number of amides is 1. The van der Waals surface area contributed by atoms with Gasteiger partial charge in [-0.1, -0.05) is 20.3 Å². The molecule has 120 valence electrons. The molecular weight excluding hydrogens is 274 g/mol. The van der Waals surface area contributed by atoms with E-state index in [1.807, 2.05) is 12.4 Å². The molecule has 1 saturated heterocycles. The third-order valence-corrected chi connectivity index (χ3v) is 4.88. The van der Waals surface area contributed by atoms with E-state index in [4.69, 9.17) is 0 Å². The first-order chi connectivity index (χ1) is 10.6. The van der Waals surface area contributed by atoms with E-state index in [-0.39, 0.29) is 0 Å². The zero-order chi connectivity index (χ0) is 15.5. The lowest BCUT2D eigenvalue weighted by Gasteiger charge is -2.48. The Morgan fingerprint density at radius 2 is 2.00 bits per heavy atom. The van der Waals surface area contributed by atoms with Crippen molar-refractivity contribution in [1.82, 2.24) is 14.8 Å². The summed E-state index contributed by atoms with van der Waals surface area (Å²) in [5, 5.41) is 0. The van der Waals surface area contributed by atoms with Crippen LogP contribution in [-0.2, 0) is 11.3 Å². The Hall–Kier alpha value is -1.42. The fourth-order valence-electron chi connectivity index (χ4n) is 3.31. The molecule has 1 aliphatic carbocycles. The standard InChI is InChI=1S/C18H27N3O/c1-14(2)10-20(11-15-6-8-19-9-7-15)17-12-21(13-17)18(22)16-4-3-5-16/h6-9,14,16-17H,3-5,10-13H2,1-2H3. The minimum atomic E-state index is 0.333. The Labute approximate surface area is 133 Å². The van der Waals surface area contributed by atoms with Gasteiger partial charge >= 0.3 is 0 Å². The first-order valence-corrected chi connectivity index (χ1v) is 8.55. The summed E-state index contributed by atoms with van der Waals surface area (Å²) in [6, 6.07) is 4.69. The molecule has 2 heterocycles. The average Bonchev–Trinajstić information content (AvgIpc) is 2.35. The van der Waals surface area contributed by atoms with Crippen LogP contribution in [0.4, 0.5) is 0 Å². The zero-order valence-corrected chi connectivity index (χ0v) is 13.7. The molecule has 2 fully saturated rings. The zero-order valence-electron chi connectivity index (χ0n) is 13.7. The summed E-state index contributed by atoms with van der Waals surface area (Å²) in [6.07, 6.45) is 7.15. The van der Waals surface area contributed by atoms with E-state index in [0.717, 1.165) is 39.0 Å². The van der Waals surface area contributed by atoms with Crippen molar-refractivity contribution >= 4 is 5.91 Å². The van der Waals surface area contributed by atoms with Gasteiger partial charge in [0.25, 0.3) is 0 Å². The number of nitrogens with zero attached hydrogens (tertiary/aromatic N) is 3. The van der Waals surface area contributed by atoms with Gasteiger partial charge < -0.3 is 4.90 Å². The molecule has 22 heavy (non-hydrogen) atoms. The number of hydrogen-bond acceptors (Lipinski definition) is 3. The molecule has 1 aliphatic heterocycles. The van der Waals surface area contributed by atoms with Gasteiger partial charge in [-0.2, -0.15) is 0 Å². The van der Waals surface area contributed by atoms with Crippen molar-refractivity contribution in [2.24, 2.45) is 11.8 Å². The van der Waals surface area contributed by atoms with Gasteiger partial charge in [0.05, 0.1) is 0 Å². The van der Waals surface area contributed by atoms with Crippen LogP contribution in [0.1, 0.15) is 38.7 Å². The quantitative estimate of drug-likeness (QED) is 0.810. The van der Waals surface area contributed by atoms with Gasteiger partial charge in [-0.15, -0.1) is 0 Å². The number of carbonyl (C=O) groups excluding carboxylic acids is 1. The van der Waals surface area contributed by atoms with E-state index in [1.54, 1.807) is 0 Å². The lowest BCUT2D eigenvalue weighted by molar-refractivity contribution is -0.146. The number of pyridine rings is 1. The van der Waals surface area contributed by atoms with E-state index < -0.39 is 0 Å². The molecule has 1 amide bonds. The fourth-order valence-corrected chi connectivity index (χ4v) is 3.31. The summed E-state index contributed by atoms with van der Waals surface area (Å²) in [6.45, 7) is 8.38. The van der Waals surface area contributed by atoms with Crippen molar-refractivity contribution in [3.63, 3.8) is 0 Å². The summed E-state index contributed by atoms with van der Waals surface area (Å²) >= 11 is 0. The Balaban J connectivity index is 1.55. The van der Waals surface area contributed by atoms with Gasteiger partial charge in [0, 0.05) is 50.5 Å². The van der Waals surface area contributed by atoms with E-state index in [9.17, 15) is 4.79 Å². The summed E-state index contributed by atoms with van der Waals surface area (Å²) in [5.41, 5.74) is 1.31. The summed E-state index contributed by atoms with van der Waals surface area (Å²) < 4.78 is 0. The Bertz CT molecular complexity index is 492. The smallest absolute Gasteiger partial charge is 0.225 e. The molecule has 2 aliphatic rings. The third-order valence-electron chi connectivity index (χ3n) is 4.88. The van der Waals surface area contributed by atoms with Crippen molar-refractivity contribution in [1.29, 1.82) is 0 Å². The molecule has 0 unspecified atom stereocenters. The van der Waals surface area contributed by atoms with Crippen molar-refractivity contribution in [2.75, 3.05) is 19.6 Å². The summed E-state index contributed by atoms with van der Waals surface area (Å²) in [4.78, 5) is 20.9. The number of rotatable bonds is 6. The van der Waals surface area contributed by atoms with Crippen LogP contribution >= 0.6 is 0 Å². The van der Waals surface area contributed by atoms with Crippen molar-refractivity contribution in [3.8, 4) is 0 Å². The minimum absolute atomic E-state index is 0.333. The molecule has 0 spiro atoms. The van der Waals surface area contributed by atoms with E-state index in [2.05, 4.69) is 40.8 Å². The SMILES string of the molecule is CC(C)CN(Cc1ccncc1)C1CN(C(=O)C2CCC2)C1. The van der Waals surface area contributed by atoms with Crippen LogP contribution < -0.4 is 0 Å². The molecule has 1 aromatic heterocycles. The van der Waals surface area contributed by atoms with Gasteiger partial charge in [-0.25, -0.2) is 0 Å². The van der Waals surface area contributed by atoms with Gasteiger partial charge in [-0.3, -0.25) is 14.7 Å². The van der Waals surface area contributed by atoms with Gasteiger partial charge in [0.2, 0.25) is 5.91 Å². The third kappa shape index (κ3) is 3.49. The van der Waals surface area contributed by atoms with Crippen molar-refractivity contribution < 1.29 is 4.79 Å². The number of carbonyl (C=O) groups is 1. The molecule has 1 saturated carbocycles. The van der Waals surface area contributed by atoms with Crippen LogP contribution in [0.15, 0.2) is 24.5 Å². The van der Waals surface area contributed by atoms with Crippen LogP contribution in [-0.4, -0.2) is 46.4 Å². The molecular formula is C18H27N3O. The second-order valence-electron chi connectivity index (χ2n) is 7.20. The predicted molar refractivity (Wildman–Crippen MR) is 87.2 cm³/mol. The Kier molecular flexibility index (Phi) is 4.77. The maximum absolute atomic E-state index is 12.3. The average molecular weight is 301 g/mol. The molecule has 0 radical (unpaired) electrons. The van der Waals surface area contributed by atoms with Crippen LogP contribution in [0.2, 0.25) is 0 Å². The summed E-state index contributed by atoms with van der Waals surface area (Å²) in [5.74, 6) is 1.37. The maximum Gasteiger partial charge on any atom is 0.225 e. The lowest BCUT2D eigenvalue weighted by Crippen LogP contribution is -2.62. The van der Waals surface area contributed by atoms with Gasteiger partial charge in [0.1, 0.15) is 0 Å². The first kappa shape index (κ1) is 15.5. The predicted octanol–water partition coefficient (Wildman–Crippen LogP) is 2.55. The van der Waals surface area contributed by atoms with Crippen LogP contribution in [0.3, 0.4) is 0 Å². The Morgan fingerprint density at radius 3 is 2.55 bits per heavy atom. The van der Waals surface area contributed by atoms with Gasteiger partial charge in [-0.05, 0) is 36.5 Å². The first-order valence-electron chi connectivity index (χ1n) is 8.55. The topological polar surface area (TPSA) is 36.4 Å². The highest BCUT2D eigenvalue weighted by Crippen LogP contribution is 2.30. The van der Waals surface area contributed by atoms with E-state index in [1.165, 1.54) is 12.0 Å². The largest absolute Gasteiger partial charge is 0.339 e. The molecule has 0 N–H and O–H groups in total. The highest BCUT2D eigenvalue weighted by Gasteiger charge is 2.39. The molecule has 3 rings (SSSR count).